The van der Waals surface area contributed by atoms with Crippen LogP contribution in [0.5, 0.6) is 0 Å². The lowest BCUT2D eigenvalue weighted by Crippen LogP contribution is -2.43. The molecule has 1 aromatic rings. The van der Waals surface area contributed by atoms with E-state index in [1.807, 2.05) is 18.2 Å². The minimum absolute atomic E-state index is 0.0357. The van der Waals surface area contributed by atoms with E-state index >= 15 is 0 Å². The second kappa shape index (κ2) is 9.17. The van der Waals surface area contributed by atoms with E-state index in [-0.39, 0.29) is 17.9 Å². The minimum atomic E-state index is -0.0859. The number of nitrogens with zero attached hydrogens (tertiary/aromatic N) is 1. The predicted molar refractivity (Wildman–Crippen MR) is 104 cm³/mol. The topological polar surface area (TPSA) is 61.4 Å². The van der Waals surface area contributed by atoms with Gasteiger partial charge in [0.05, 0.1) is 17.8 Å². The van der Waals surface area contributed by atoms with Crippen molar-refractivity contribution in [3.05, 3.63) is 29.8 Å². The molecule has 0 bridgehead atoms. The minimum Gasteiger partial charge on any atom is -0.349 e. The van der Waals surface area contributed by atoms with Gasteiger partial charge in [-0.05, 0) is 50.8 Å². The van der Waals surface area contributed by atoms with Crippen LogP contribution in [0.15, 0.2) is 24.3 Å². The Morgan fingerprint density at radius 2 is 1.81 bits per heavy atom. The number of nitrogens with one attached hydrogen (secondary N) is 2. The molecule has 0 aromatic heterocycles. The summed E-state index contributed by atoms with van der Waals surface area (Å²) in [6.07, 6.45) is 9.11. The van der Waals surface area contributed by atoms with Crippen molar-refractivity contribution in [3.8, 4) is 0 Å². The summed E-state index contributed by atoms with van der Waals surface area (Å²) in [5.74, 6) is -0.122. The Balaban J connectivity index is 1.61. The van der Waals surface area contributed by atoms with Crippen LogP contribution in [0.25, 0.3) is 0 Å². The van der Waals surface area contributed by atoms with Gasteiger partial charge >= 0.3 is 0 Å². The molecule has 1 aliphatic heterocycles. The van der Waals surface area contributed by atoms with Gasteiger partial charge in [0.2, 0.25) is 5.91 Å². The second-order valence-electron chi connectivity index (χ2n) is 7.58. The third kappa shape index (κ3) is 4.85. The summed E-state index contributed by atoms with van der Waals surface area (Å²) in [5.41, 5.74) is 1.16. The average molecular weight is 357 g/mol. The van der Waals surface area contributed by atoms with E-state index in [4.69, 9.17) is 0 Å². The van der Waals surface area contributed by atoms with Crippen LogP contribution < -0.4 is 10.6 Å². The summed E-state index contributed by atoms with van der Waals surface area (Å²) in [6.45, 7) is 3.57. The number of carbonyl (C=O) groups is 2. The maximum Gasteiger partial charge on any atom is 0.253 e. The molecule has 2 aliphatic rings. The first-order valence-corrected chi connectivity index (χ1v) is 10.1. The SMILES string of the molecule is CCC1CCCCN1CC(=O)Nc1ccccc1C(=O)NC1CCCC1. The first-order valence-electron chi connectivity index (χ1n) is 10.1. The molecule has 1 aliphatic carbocycles. The molecule has 0 spiro atoms. The molecular weight excluding hydrogens is 326 g/mol. The lowest BCUT2D eigenvalue weighted by molar-refractivity contribution is -0.118. The summed E-state index contributed by atoms with van der Waals surface area (Å²) in [7, 11) is 0. The van der Waals surface area contributed by atoms with Crippen LogP contribution >= 0.6 is 0 Å². The van der Waals surface area contributed by atoms with Gasteiger partial charge in [-0.15, -0.1) is 0 Å². The smallest absolute Gasteiger partial charge is 0.253 e. The molecule has 2 fully saturated rings. The molecule has 5 heteroatoms. The summed E-state index contributed by atoms with van der Waals surface area (Å²) in [4.78, 5) is 27.5. The zero-order chi connectivity index (χ0) is 18.4. The molecule has 5 nitrogen and oxygen atoms in total. The van der Waals surface area contributed by atoms with Gasteiger partial charge < -0.3 is 10.6 Å². The number of amides is 2. The van der Waals surface area contributed by atoms with Crippen molar-refractivity contribution in [2.75, 3.05) is 18.4 Å². The van der Waals surface area contributed by atoms with Crippen LogP contribution in [0.1, 0.15) is 68.6 Å². The monoisotopic (exact) mass is 357 g/mol. The summed E-state index contributed by atoms with van der Waals surface area (Å²) in [5, 5.41) is 6.07. The first kappa shape index (κ1) is 18.9. The largest absolute Gasteiger partial charge is 0.349 e. The van der Waals surface area contributed by atoms with Crippen LogP contribution in [-0.4, -0.2) is 41.9 Å². The van der Waals surface area contributed by atoms with Crippen LogP contribution in [-0.2, 0) is 4.79 Å². The number of benzene rings is 1. The van der Waals surface area contributed by atoms with Gasteiger partial charge in [0.1, 0.15) is 0 Å². The highest BCUT2D eigenvalue weighted by Crippen LogP contribution is 2.21. The highest BCUT2D eigenvalue weighted by molar-refractivity contribution is 6.04. The zero-order valence-electron chi connectivity index (χ0n) is 15.8. The van der Waals surface area contributed by atoms with Gasteiger partial charge in [0.25, 0.3) is 5.91 Å². The highest BCUT2D eigenvalue weighted by atomic mass is 16.2. The maximum absolute atomic E-state index is 12.6. The average Bonchev–Trinajstić information content (AvgIpc) is 3.15. The van der Waals surface area contributed by atoms with E-state index in [1.165, 1.54) is 25.7 Å². The lowest BCUT2D eigenvalue weighted by atomic mass is 10.00. The Morgan fingerprint density at radius 1 is 1.08 bits per heavy atom. The first-order chi connectivity index (χ1) is 12.7. The molecule has 1 atom stereocenters. The van der Waals surface area contributed by atoms with Crippen LogP contribution in [0.2, 0.25) is 0 Å². The third-order valence-electron chi connectivity index (χ3n) is 5.70. The van der Waals surface area contributed by atoms with Crippen molar-refractivity contribution in [1.29, 1.82) is 0 Å². The number of hydrogen-bond acceptors (Lipinski definition) is 3. The molecule has 0 radical (unpaired) electrons. The van der Waals surface area contributed by atoms with E-state index in [0.717, 1.165) is 32.2 Å². The maximum atomic E-state index is 12.6. The van der Waals surface area contributed by atoms with Crippen LogP contribution in [0.4, 0.5) is 5.69 Å². The van der Waals surface area contributed by atoms with Crippen molar-refractivity contribution < 1.29 is 9.59 Å². The summed E-state index contributed by atoms with van der Waals surface area (Å²) < 4.78 is 0. The third-order valence-corrected chi connectivity index (χ3v) is 5.70. The number of hydrogen-bond donors (Lipinski definition) is 2. The number of carbonyl (C=O) groups excluding carboxylic acids is 2. The van der Waals surface area contributed by atoms with E-state index in [9.17, 15) is 9.59 Å². The van der Waals surface area contributed by atoms with E-state index in [2.05, 4.69) is 22.5 Å². The molecule has 142 valence electrons. The van der Waals surface area contributed by atoms with E-state index < -0.39 is 0 Å². The molecule has 1 saturated heterocycles. The van der Waals surface area contributed by atoms with Crippen molar-refractivity contribution in [2.45, 2.75) is 70.4 Å². The second-order valence-corrected chi connectivity index (χ2v) is 7.58. The van der Waals surface area contributed by atoms with Gasteiger partial charge in [-0.2, -0.15) is 0 Å². The van der Waals surface area contributed by atoms with Crippen LogP contribution in [0.3, 0.4) is 0 Å². The molecule has 1 aromatic carbocycles. The van der Waals surface area contributed by atoms with Gasteiger partial charge in [-0.1, -0.05) is 38.3 Å². The Labute approximate surface area is 156 Å². The number of likely N-dealkylation sites (tertiary alicyclic amines) is 1. The number of anilines is 1. The lowest BCUT2D eigenvalue weighted by Gasteiger charge is -2.34. The summed E-state index contributed by atoms with van der Waals surface area (Å²) in [6, 6.07) is 8.07. The molecule has 1 saturated carbocycles. The van der Waals surface area contributed by atoms with Crippen LogP contribution in [0, 0.1) is 0 Å². The number of rotatable bonds is 6. The summed E-state index contributed by atoms with van der Waals surface area (Å²) >= 11 is 0. The molecule has 26 heavy (non-hydrogen) atoms. The van der Waals surface area contributed by atoms with Crippen molar-refractivity contribution in [3.63, 3.8) is 0 Å². The number of piperidine rings is 1. The number of para-hydroxylation sites is 1. The standard InChI is InChI=1S/C21H31N3O2/c1-2-17-11-7-8-14-24(17)15-20(25)23-19-13-6-5-12-18(19)21(26)22-16-9-3-4-10-16/h5-6,12-13,16-17H,2-4,7-11,14-15H2,1H3,(H,22,26)(H,23,25). The van der Waals surface area contributed by atoms with Crippen molar-refractivity contribution >= 4 is 17.5 Å². The van der Waals surface area contributed by atoms with E-state index in [1.54, 1.807) is 6.07 Å². The Bertz CT molecular complexity index is 625. The fourth-order valence-electron chi connectivity index (χ4n) is 4.23. The van der Waals surface area contributed by atoms with Crippen molar-refractivity contribution in [1.82, 2.24) is 10.2 Å². The predicted octanol–water partition coefficient (Wildman–Crippen LogP) is 3.56. The molecular formula is C21H31N3O2. The molecule has 1 heterocycles. The Kier molecular flexibility index (Phi) is 6.67. The fraction of sp³-hybridized carbons (Fsp3) is 0.619. The Hall–Kier alpha value is -1.88. The Morgan fingerprint density at radius 3 is 2.58 bits per heavy atom. The normalized spacial score (nSPS) is 21.5. The van der Waals surface area contributed by atoms with Gasteiger partial charge in [-0.3, -0.25) is 14.5 Å². The molecule has 1 unspecified atom stereocenters. The fourth-order valence-corrected chi connectivity index (χ4v) is 4.23. The van der Waals surface area contributed by atoms with E-state index in [0.29, 0.717) is 23.8 Å². The van der Waals surface area contributed by atoms with Gasteiger partial charge in [0.15, 0.2) is 0 Å². The van der Waals surface area contributed by atoms with Crippen molar-refractivity contribution in [2.24, 2.45) is 0 Å². The molecule has 2 N–H and O–H groups in total. The highest BCUT2D eigenvalue weighted by Gasteiger charge is 2.24. The van der Waals surface area contributed by atoms with Gasteiger partial charge in [0, 0.05) is 12.1 Å². The molecule has 3 rings (SSSR count). The zero-order valence-corrected chi connectivity index (χ0v) is 15.8. The quantitative estimate of drug-likeness (QED) is 0.818. The molecule has 2 amide bonds. The van der Waals surface area contributed by atoms with Gasteiger partial charge in [-0.25, -0.2) is 0 Å².